The molecule has 1 heterocycles. The molecule has 3 rings (SSSR count). The zero-order valence-corrected chi connectivity index (χ0v) is 28.9. The van der Waals surface area contributed by atoms with Crippen LogP contribution in [0, 0.1) is 11.8 Å². The van der Waals surface area contributed by atoms with Crippen LogP contribution in [0.15, 0.2) is 42.5 Å². The van der Waals surface area contributed by atoms with Gasteiger partial charge in [-0.15, -0.1) is 0 Å². The molecule has 0 spiro atoms. The third kappa shape index (κ3) is 10.7. The highest BCUT2D eigenvalue weighted by atomic mass is 16.5. The van der Waals surface area contributed by atoms with E-state index in [4.69, 9.17) is 9.84 Å². The Morgan fingerprint density at radius 3 is 2.22 bits per heavy atom. The number of hydrogen-bond donors (Lipinski definition) is 5. The third-order valence-corrected chi connectivity index (χ3v) is 9.00. The maximum absolute atomic E-state index is 14.2. The molecule has 0 aliphatic carbocycles. The van der Waals surface area contributed by atoms with Crippen molar-refractivity contribution in [1.29, 1.82) is 0 Å². The molecule has 1 aliphatic rings. The molecule has 0 aromatic heterocycles. The van der Waals surface area contributed by atoms with Crippen LogP contribution in [-0.4, -0.2) is 87.5 Å². The van der Waals surface area contributed by atoms with Gasteiger partial charge in [0, 0.05) is 19.4 Å². The maximum atomic E-state index is 14.2. The molecule has 2 aromatic rings. The Morgan fingerprint density at radius 1 is 0.898 bits per heavy atom. The number of rotatable bonds is 18. The second-order valence-corrected chi connectivity index (χ2v) is 13.1. The van der Waals surface area contributed by atoms with Gasteiger partial charge in [0.15, 0.2) is 0 Å². The number of ether oxygens (including phenoxy) is 1. The van der Waals surface area contributed by atoms with Crippen LogP contribution in [0.4, 0.5) is 0 Å². The smallest absolute Gasteiger partial charge is 0.326 e. The Bertz CT molecular complexity index is 1490. The molecule has 2 aromatic carbocycles. The molecule has 1 aliphatic heterocycles. The van der Waals surface area contributed by atoms with Gasteiger partial charge >= 0.3 is 11.9 Å². The Hall–Kier alpha value is -4.52. The standard InChI is InChI=1S/C36H50N4O9/c1-6-11-27(36(47)48)37-33(44)28-18-25(49-20-24-14-10-13-23-12-8-9-15-26(23)24)19-40(28)35(46)31(21(3)4)39-34(45)32(22(5)7-2)38-29(41)16-17-30(42)43/h8-10,12-15,21-22,25,27-28,31-32H,6-7,11,16-20H2,1-5H3,(H,37,44)(H,38,41)(H,39,45)(H,42,43)(H,47,48)/t22-,25-,27+,28+,31+,32+/m1/s1. The first-order valence-corrected chi connectivity index (χ1v) is 17.0. The van der Waals surface area contributed by atoms with Crippen molar-refractivity contribution in [3.05, 3.63) is 48.0 Å². The van der Waals surface area contributed by atoms with Gasteiger partial charge in [0.25, 0.3) is 0 Å². The highest BCUT2D eigenvalue weighted by molar-refractivity contribution is 5.96. The number of carboxylic acid groups (broad SMARTS) is 2. The van der Waals surface area contributed by atoms with E-state index in [1.165, 1.54) is 4.90 Å². The molecule has 5 N–H and O–H groups in total. The van der Waals surface area contributed by atoms with Crippen LogP contribution in [0.5, 0.6) is 0 Å². The van der Waals surface area contributed by atoms with Crippen molar-refractivity contribution < 1.29 is 43.7 Å². The fourth-order valence-electron chi connectivity index (χ4n) is 5.95. The molecule has 6 atom stereocenters. The van der Waals surface area contributed by atoms with E-state index >= 15 is 0 Å². The minimum absolute atomic E-state index is 0.0347. The van der Waals surface area contributed by atoms with Gasteiger partial charge in [-0.3, -0.25) is 24.0 Å². The molecular weight excluding hydrogens is 632 g/mol. The van der Waals surface area contributed by atoms with E-state index < -0.39 is 78.2 Å². The molecule has 1 saturated heterocycles. The van der Waals surface area contributed by atoms with Crippen molar-refractivity contribution in [2.45, 2.75) is 110 Å². The molecule has 13 nitrogen and oxygen atoms in total. The summed E-state index contributed by atoms with van der Waals surface area (Å²) in [5.41, 5.74) is 0.937. The molecule has 1 fully saturated rings. The van der Waals surface area contributed by atoms with E-state index in [2.05, 4.69) is 16.0 Å². The van der Waals surface area contributed by atoms with E-state index in [-0.39, 0.29) is 38.3 Å². The Kier molecular flexibility index (Phi) is 14.5. The van der Waals surface area contributed by atoms with E-state index in [0.717, 1.165) is 16.3 Å². The fourth-order valence-corrected chi connectivity index (χ4v) is 5.95. The average molecular weight is 683 g/mol. The number of amides is 4. The van der Waals surface area contributed by atoms with Crippen LogP contribution in [0.2, 0.25) is 0 Å². The quantitative estimate of drug-likeness (QED) is 0.157. The Balaban J connectivity index is 1.85. The van der Waals surface area contributed by atoms with Crippen LogP contribution in [0.3, 0.4) is 0 Å². The lowest BCUT2D eigenvalue weighted by molar-refractivity contribution is -0.145. The second kappa shape index (κ2) is 18.3. The zero-order chi connectivity index (χ0) is 36.2. The summed E-state index contributed by atoms with van der Waals surface area (Å²) in [4.78, 5) is 78.1. The van der Waals surface area contributed by atoms with Crippen molar-refractivity contribution in [2.24, 2.45) is 11.8 Å². The largest absolute Gasteiger partial charge is 0.481 e. The summed E-state index contributed by atoms with van der Waals surface area (Å²) in [5, 5.41) is 28.7. The number of carbonyl (C=O) groups is 6. The van der Waals surface area contributed by atoms with Crippen molar-refractivity contribution in [3.63, 3.8) is 0 Å². The molecule has 0 bridgehead atoms. The number of hydrogen-bond acceptors (Lipinski definition) is 7. The third-order valence-electron chi connectivity index (χ3n) is 9.00. The Labute approximate surface area is 287 Å². The SMILES string of the molecule is CCC[C@H](NC(=O)[C@@H]1C[C@@H](OCc2cccc3ccccc23)CN1C(=O)[C@@H](NC(=O)[C@@H](NC(=O)CCC(=O)O)[C@H](C)CC)C(C)C)C(=O)O. The topological polar surface area (TPSA) is 191 Å². The lowest BCUT2D eigenvalue weighted by atomic mass is 9.96. The maximum Gasteiger partial charge on any atom is 0.326 e. The summed E-state index contributed by atoms with van der Waals surface area (Å²) in [5.74, 6) is -5.45. The van der Waals surface area contributed by atoms with Gasteiger partial charge in [0.1, 0.15) is 24.2 Å². The van der Waals surface area contributed by atoms with Gasteiger partial charge < -0.3 is 35.8 Å². The van der Waals surface area contributed by atoms with Gasteiger partial charge in [-0.25, -0.2) is 4.79 Å². The fraction of sp³-hybridized carbons (Fsp3) is 0.556. The van der Waals surface area contributed by atoms with Crippen LogP contribution in [0.1, 0.15) is 78.7 Å². The number of likely N-dealkylation sites (tertiary alicyclic amines) is 1. The van der Waals surface area contributed by atoms with Gasteiger partial charge in [0.05, 0.1) is 19.1 Å². The van der Waals surface area contributed by atoms with Crippen LogP contribution in [-0.2, 0) is 40.1 Å². The van der Waals surface area contributed by atoms with E-state index in [1.54, 1.807) is 20.8 Å². The minimum Gasteiger partial charge on any atom is -0.481 e. The monoisotopic (exact) mass is 682 g/mol. The number of nitrogens with zero attached hydrogens (tertiary/aromatic N) is 1. The number of aliphatic carboxylic acids is 2. The first kappa shape index (κ1) is 38.9. The minimum atomic E-state index is -1.18. The predicted molar refractivity (Wildman–Crippen MR) is 182 cm³/mol. The number of carbonyl (C=O) groups excluding carboxylic acids is 4. The van der Waals surface area contributed by atoms with Crippen molar-refractivity contribution in [2.75, 3.05) is 6.54 Å². The van der Waals surface area contributed by atoms with Crippen molar-refractivity contribution >= 4 is 46.3 Å². The summed E-state index contributed by atoms with van der Waals surface area (Å²) >= 11 is 0. The average Bonchev–Trinajstić information content (AvgIpc) is 3.51. The number of carboxylic acids is 2. The molecule has 0 unspecified atom stereocenters. The number of benzene rings is 2. The summed E-state index contributed by atoms with van der Waals surface area (Å²) in [7, 11) is 0. The number of fused-ring (bicyclic) bond motifs is 1. The van der Waals surface area contributed by atoms with Crippen LogP contribution < -0.4 is 16.0 Å². The second-order valence-electron chi connectivity index (χ2n) is 13.1. The first-order chi connectivity index (χ1) is 23.3. The lowest BCUT2D eigenvalue weighted by Crippen LogP contribution is -2.59. The van der Waals surface area contributed by atoms with Crippen molar-refractivity contribution in [1.82, 2.24) is 20.9 Å². The molecule has 0 saturated carbocycles. The highest BCUT2D eigenvalue weighted by Gasteiger charge is 2.44. The van der Waals surface area contributed by atoms with Gasteiger partial charge in [-0.05, 0) is 34.6 Å². The molecule has 49 heavy (non-hydrogen) atoms. The van der Waals surface area contributed by atoms with Gasteiger partial charge in [-0.1, -0.05) is 89.9 Å². The summed E-state index contributed by atoms with van der Waals surface area (Å²) in [6, 6.07) is 9.45. The molecule has 0 radical (unpaired) electrons. The molecular formula is C36H50N4O9. The summed E-state index contributed by atoms with van der Waals surface area (Å²) in [6.45, 7) is 9.16. The normalized spacial score (nSPS) is 18.4. The lowest BCUT2D eigenvalue weighted by Gasteiger charge is -2.32. The van der Waals surface area contributed by atoms with Crippen LogP contribution in [0.25, 0.3) is 10.8 Å². The summed E-state index contributed by atoms with van der Waals surface area (Å²) < 4.78 is 6.28. The van der Waals surface area contributed by atoms with Crippen LogP contribution >= 0.6 is 0 Å². The van der Waals surface area contributed by atoms with E-state index in [1.807, 2.05) is 56.3 Å². The van der Waals surface area contributed by atoms with E-state index in [0.29, 0.717) is 12.8 Å². The molecule has 13 heteroatoms. The molecule has 4 amide bonds. The number of nitrogens with one attached hydrogen (secondary N) is 3. The molecule has 268 valence electrons. The van der Waals surface area contributed by atoms with Gasteiger partial charge in [0.2, 0.25) is 23.6 Å². The predicted octanol–water partition coefficient (Wildman–Crippen LogP) is 3.23. The van der Waals surface area contributed by atoms with Crippen molar-refractivity contribution in [3.8, 4) is 0 Å². The first-order valence-electron chi connectivity index (χ1n) is 17.0. The van der Waals surface area contributed by atoms with E-state index in [9.17, 15) is 33.9 Å². The Morgan fingerprint density at radius 2 is 1.59 bits per heavy atom. The van der Waals surface area contributed by atoms with Gasteiger partial charge in [-0.2, -0.15) is 0 Å². The summed E-state index contributed by atoms with van der Waals surface area (Å²) in [6.07, 6.45) is 0.117. The zero-order valence-electron chi connectivity index (χ0n) is 28.9. The highest BCUT2D eigenvalue weighted by Crippen LogP contribution is 2.26.